The van der Waals surface area contributed by atoms with Crippen LogP contribution < -0.4 is 5.56 Å². The Morgan fingerprint density at radius 2 is 1.86 bits per heavy atom. The first-order valence-corrected chi connectivity index (χ1v) is 9.58. The number of hydrogen-bond donors (Lipinski definition) is 0. The van der Waals surface area contributed by atoms with Gasteiger partial charge < -0.3 is 4.74 Å². The van der Waals surface area contributed by atoms with Gasteiger partial charge in [0, 0.05) is 10.0 Å². The van der Waals surface area contributed by atoms with E-state index in [0.29, 0.717) is 5.69 Å². The summed E-state index contributed by atoms with van der Waals surface area (Å²) in [6.45, 7) is 1.81. The van der Waals surface area contributed by atoms with Crippen LogP contribution in [0.15, 0.2) is 63.9 Å². The summed E-state index contributed by atoms with van der Waals surface area (Å²) in [7, 11) is 0. The Labute approximate surface area is 175 Å². The Balaban J connectivity index is 2.23. The first-order valence-electron chi connectivity index (χ1n) is 8.78. The van der Waals surface area contributed by atoms with Gasteiger partial charge in [0.15, 0.2) is 5.69 Å². The molecule has 0 aliphatic heterocycles. The zero-order chi connectivity index (χ0) is 20.8. The van der Waals surface area contributed by atoms with E-state index in [-0.39, 0.29) is 23.4 Å². The summed E-state index contributed by atoms with van der Waals surface area (Å²) >= 11 is 3.33. The molecule has 6 nitrogen and oxygen atoms in total. The summed E-state index contributed by atoms with van der Waals surface area (Å²) < 4.78 is 6.96. The Kier molecular flexibility index (Phi) is 6.37. The van der Waals surface area contributed by atoms with Crippen LogP contribution in [-0.2, 0) is 4.74 Å². The van der Waals surface area contributed by atoms with E-state index in [1.807, 2.05) is 36.4 Å². The maximum Gasteiger partial charge on any atom is 0.359 e. The number of nitriles is 1. The lowest BCUT2D eigenvalue weighted by molar-refractivity contribution is 0.0517. The molecule has 0 atom stereocenters. The fraction of sp³-hybridized carbons (Fsp3) is 0.0909. The third kappa shape index (κ3) is 4.50. The summed E-state index contributed by atoms with van der Waals surface area (Å²) in [6, 6.07) is 18.0. The number of esters is 1. The van der Waals surface area contributed by atoms with Crippen LogP contribution in [-0.4, -0.2) is 22.4 Å². The van der Waals surface area contributed by atoms with Crippen LogP contribution in [0, 0.1) is 11.3 Å². The van der Waals surface area contributed by atoms with E-state index in [0.717, 1.165) is 14.7 Å². The number of rotatable bonds is 5. The lowest BCUT2D eigenvalue weighted by Gasteiger charge is -2.11. The van der Waals surface area contributed by atoms with Crippen LogP contribution in [0.25, 0.3) is 17.8 Å². The smallest absolute Gasteiger partial charge is 0.359 e. The van der Waals surface area contributed by atoms with Crippen molar-refractivity contribution < 1.29 is 9.53 Å². The number of carbonyl (C=O) groups excluding carboxylic acids is 1. The van der Waals surface area contributed by atoms with Gasteiger partial charge in [0.25, 0.3) is 5.56 Å². The molecule has 144 valence electrons. The SMILES string of the molecule is CCOC(=O)c1nn(-c2ccc(Br)cc2)c(=O)c(C#N)c1/C=C/c1ccccc1. The summed E-state index contributed by atoms with van der Waals surface area (Å²) in [6.07, 6.45) is 3.25. The molecule has 1 heterocycles. The number of hydrogen-bond acceptors (Lipinski definition) is 5. The molecule has 0 unspecified atom stereocenters. The Bertz CT molecular complexity index is 1160. The summed E-state index contributed by atoms with van der Waals surface area (Å²) in [5.41, 5.74) is 0.516. The Morgan fingerprint density at radius 3 is 2.48 bits per heavy atom. The molecule has 3 aromatic rings. The second-order valence-corrected chi connectivity index (χ2v) is 6.82. The molecule has 3 rings (SSSR count). The van der Waals surface area contributed by atoms with Gasteiger partial charge in [0.1, 0.15) is 11.6 Å². The largest absolute Gasteiger partial charge is 0.461 e. The van der Waals surface area contributed by atoms with Crippen LogP contribution in [0.4, 0.5) is 0 Å². The Hall–Kier alpha value is -3.50. The third-order valence-electron chi connectivity index (χ3n) is 4.02. The van der Waals surface area contributed by atoms with Crippen molar-refractivity contribution in [3.63, 3.8) is 0 Å². The van der Waals surface area contributed by atoms with Gasteiger partial charge >= 0.3 is 5.97 Å². The highest BCUT2D eigenvalue weighted by Crippen LogP contribution is 2.18. The van der Waals surface area contributed by atoms with Crippen molar-refractivity contribution in [1.29, 1.82) is 5.26 Å². The van der Waals surface area contributed by atoms with Gasteiger partial charge in [0.05, 0.1) is 12.3 Å². The predicted octanol–water partition coefficient (Wildman–Crippen LogP) is 4.21. The molecule has 0 N–H and O–H groups in total. The molecule has 0 bridgehead atoms. The molecule has 0 fully saturated rings. The number of ether oxygens (including phenoxy) is 1. The number of carbonyl (C=O) groups is 1. The molecule has 0 aliphatic carbocycles. The third-order valence-corrected chi connectivity index (χ3v) is 4.55. The Morgan fingerprint density at radius 1 is 1.17 bits per heavy atom. The molecule has 0 spiro atoms. The molecule has 0 amide bonds. The van der Waals surface area contributed by atoms with Gasteiger partial charge in [-0.15, -0.1) is 0 Å². The van der Waals surface area contributed by atoms with E-state index in [4.69, 9.17) is 4.74 Å². The average molecular weight is 450 g/mol. The molecule has 0 saturated carbocycles. The lowest BCUT2D eigenvalue weighted by Crippen LogP contribution is -2.28. The van der Waals surface area contributed by atoms with E-state index in [2.05, 4.69) is 21.0 Å². The number of benzene rings is 2. The molecule has 1 aromatic heterocycles. The normalized spacial score (nSPS) is 10.7. The van der Waals surface area contributed by atoms with Crippen molar-refractivity contribution in [2.75, 3.05) is 6.61 Å². The topological polar surface area (TPSA) is 85.0 Å². The molecule has 0 aliphatic rings. The van der Waals surface area contributed by atoms with E-state index in [9.17, 15) is 14.9 Å². The average Bonchev–Trinajstić information content (AvgIpc) is 2.74. The second kappa shape index (κ2) is 9.13. The van der Waals surface area contributed by atoms with Gasteiger partial charge in [-0.3, -0.25) is 4.79 Å². The summed E-state index contributed by atoms with van der Waals surface area (Å²) in [5, 5.41) is 13.9. The first-order chi connectivity index (χ1) is 14.0. The van der Waals surface area contributed by atoms with Crippen LogP contribution in [0.3, 0.4) is 0 Å². The summed E-state index contributed by atoms with van der Waals surface area (Å²) in [5.74, 6) is -0.706. The van der Waals surface area contributed by atoms with E-state index >= 15 is 0 Å². The predicted molar refractivity (Wildman–Crippen MR) is 114 cm³/mol. The van der Waals surface area contributed by atoms with Crippen LogP contribution >= 0.6 is 15.9 Å². The zero-order valence-corrected chi connectivity index (χ0v) is 17.1. The molecule has 2 aromatic carbocycles. The van der Waals surface area contributed by atoms with Gasteiger partial charge in [-0.1, -0.05) is 58.4 Å². The maximum absolute atomic E-state index is 12.9. The number of halogens is 1. The molecular weight excluding hydrogens is 434 g/mol. The van der Waals surface area contributed by atoms with Gasteiger partial charge in [-0.25, -0.2) is 4.79 Å². The quantitative estimate of drug-likeness (QED) is 0.544. The fourth-order valence-electron chi connectivity index (χ4n) is 2.66. The van der Waals surface area contributed by atoms with Crippen LogP contribution in [0.1, 0.15) is 34.1 Å². The minimum absolute atomic E-state index is 0.0990. The van der Waals surface area contributed by atoms with E-state index in [1.54, 1.807) is 43.3 Å². The van der Waals surface area contributed by atoms with Crippen molar-refractivity contribution >= 4 is 34.1 Å². The lowest BCUT2D eigenvalue weighted by atomic mass is 10.1. The molecule has 0 radical (unpaired) electrons. The zero-order valence-electron chi connectivity index (χ0n) is 15.5. The van der Waals surface area contributed by atoms with Crippen molar-refractivity contribution in [3.05, 3.63) is 91.8 Å². The molecule has 7 heteroatoms. The molecule has 0 saturated heterocycles. The maximum atomic E-state index is 12.9. The van der Waals surface area contributed by atoms with Crippen molar-refractivity contribution in [2.45, 2.75) is 6.92 Å². The number of nitrogens with zero attached hydrogens (tertiary/aromatic N) is 3. The monoisotopic (exact) mass is 449 g/mol. The second-order valence-electron chi connectivity index (χ2n) is 5.91. The fourth-order valence-corrected chi connectivity index (χ4v) is 2.92. The molecule has 29 heavy (non-hydrogen) atoms. The molecular formula is C22H16BrN3O3. The highest BCUT2D eigenvalue weighted by molar-refractivity contribution is 9.10. The minimum Gasteiger partial charge on any atom is -0.461 e. The highest BCUT2D eigenvalue weighted by atomic mass is 79.9. The van der Waals surface area contributed by atoms with Crippen molar-refractivity contribution in [1.82, 2.24) is 9.78 Å². The van der Waals surface area contributed by atoms with Gasteiger partial charge in [-0.2, -0.15) is 15.0 Å². The van der Waals surface area contributed by atoms with Gasteiger partial charge in [0.2, 0.25) is 0 Å². The van der Waals surface area contributed by atoms with Crippen LogP contribution in [0.5, 0.6) is 0 Å². The first kappa shape index (κ1) is 20.2. The van der Waals surface area contributed by atoms with Gasteiger partial charge in [-0.05, 0) is 36.8 Å². The van der Waals surface area contributed by atoms with E-state index < -0.39 is 11.5 Å². The van der Waals surface area contributed by atoms with E-state index in [1.165, 1.54) is 0 Å². The van der Waals surface area contributed by atoms with Crippen molar-refractivity contribution in [3.8, 4) is 11.8 Å². The highest BCUT2D eigenvalue weighted by Gasteiger charge is 2.22. The number of aromatic nitrogens is 2. The van der Waals surface area contributed by atoms with Crippen LogP contribution in [0.2, 0.25) is 0 Å². The summed E-state index contributed by atoms with van der Waals surface area (Å²) in [4.78, 5) is 25.5. The van der Waals surface area contributed by atoms with Crippen molar-refractivity contribution in [2.24, 2.45) is 0 Å². The minimum atomic E-state index is -0.706. The standard InChI is InChI=1S/C22H16BrN3O3/c1-2-29-22(28)20-18(13-8-15-6-4-3-5-7-15)19(14-24)21(27)26(25-20)17-11-9-16(23)10-12-17/h3-13H,2H2,1H3/b13-8+.